The van der Waals surface area contributed by atoms with E-state index in [1.54, 1.807) is 0 Å². The summed E-state index contributed by atoms with van der Waals surface area (Å²) in [6.07, 6.45) is 14.6. The first-order valence-electron chi connectivity index (χ1n) is 18.3. The third-order valence-electron chi connectivity index (χ3n) is 11.6. The SMILES string of the molecule is C1=CCCC(C2C=CC3=C(C2)Oc2ccccc2C32c3ccccc3Oc3c(-c4ccc5c6ccccc6n(-c6ccccc6)c5c4)cccc32)=C1. The first kappa shape index (κ1) is 29.4. The second-order valence-corrected chi connectivity index (χ2v) is 14.3. The van der Waals surface area contributed by atoms with E-state index in [0.717, 1.165) is 75.8 Å². The molecular formula is C49H35NO2. The summed E-state index contributed by atoms with van der Waals surface area (Å²) >= 11 is 0. The Bertz CT molecular complexity index is 2720. The van der Waals surface area contributed by atoms with E-state index in [1.807, 2.05) is 0 Å². The van der Waals surface area contributed by atoms with Gasteiger partial charge in [0.15, 0.2) is 0 Å². The summed E-state index contributed by atoms with van der Waals surface area (Å²) in [6, 6.07) is 50.1. The van der Waals surface area contributed by atoms with Crippen molar-refractivity contribution in [3.05, 3.63) is 204 Å². The summed E-state index contributed by atoms with van der Waals surface area (Å²) in [6.45, 7) is 0. The van der Waals surface area contributed by atoms with Crippen LogP contribution >= 0.6 is 0 Å². The topological polar surface area (TPSA) is 23.4 Å². The van der Waals surface area contributed by atoms with E-state index in [9.17, 15) is 0 Å². The fourth-order valence-electron chi connectivity index (χ4n) is 9.31. The molecule has 0 radical (unpaired) electrons. The number of ether oxygens (including phenoxy) is 2. The molecule has 52 heavy (non-hydrogen) atoms. The minimum absolute atomic E-state index is 0.315. The number of allylic oxidation sites excluding steroid dienone is 8. The van der Waals surface area contributed by atoms with E-state index in [1.165, 1.54) is 33.0 Å². The number of aromatic nitrogens is 1. The molecule has 3 heterocycles. The van der Waals surface area contributed by atoms with Gasteiger partial charge in [-0.1, -0.05) is 139 Å². The normalized spacial score (nSPS) is 19.8. The average molecular weight is 670 g/mol. The van der Waals surface area contributed by atoms with Gasteiger partial charge in [-0.25, -0.2) is 0 Å². The van der Waals surface area contributed by atoms with Crippen LogP contribution in [0.25, 0.3) is 38.6 Å². The fraction of sp³-hybridized carbons (Fsp3) is 0.102. The number of benzene rings is 6. The number of hydrogen-bond donors (Lipinski definition) is 0. The molecule has 4 aliphatic rings. The van der Waals surface area contributed by atoms with Crippen molar-refractivity contribution in [1.82, 2.24) is 4.57 Å². The standard InChI is InChI=1S/C49H35NO2/c1-3-14-32(15-4-1)33-27-29-41-47(31-33)51-45-24-11-8-20-39(45)49(41)40-21-9-12-25-46(40)52-48-36(19-13-22-42(48)49)34-26-28-38-37-18-7-10-23-43(37)50(44(38)30-34)35-16-5-2-6-17-35/h1-3,5-14,16-30,33H,4,15,31H2. The Labute approximate surface area is 303 Å². The van der Waals surface area contributed by atoms with E-state index in [4.69, 9.17) is 9.47 Å². The minimum Gasteiger partial charge on any atom is -0.461 e. The van der Waals surface area contributed by atoms with Crippen LogP contribution in [0.3, 0.4) is 0 Å². The van der Waals surface area contributed by atoms with Gasteiger partial charge in [0.05, 0.1) is 16.4 Å². The van der Waals surface area contributed by atoms with Crippen LogP contribution in [0.4, 0.5) is 0 Å². The van der Waals surface area contributed by atoms with Crippen molar-refractivity contribution < 1.29 is 9.47 Å². The Kier molecular flexibility index (Phi) is 6.42. The smallest absolute Gasteiger partial charge is 0.140 e. The van der Waals surface area contributed by atoms with Crippen LogP contribution in [0.1, 0.15) is 36.0 Å². The Balaban J connectivity index is 1.16. The first-order valence-corrected chi connectivity index (χ1v) is 18.3. The molecule has 248 valence electrons. The Hall–Kier alpha value is -6.32. The maximum absolute atomic E-state index is 7.08. The zero-order chi connectivity index (χ0) is 34.2. The first-order chi connectivity index (χ1) is 25.8. The van der Waals surface area contributed by atoms with Crippen molar-refractivity contribution in [3.8, 4) is 34.1 Å². The summed E-state index contributed by atoms with van der Waals surface area (Å²) < 4.78 is 16.4. The molecule has 11 rings (SSSR count). The molecule has 2 aliphatic carbocycles. The van der Waals surface area contributed by atoms with Crippen LogP contribution in [0.5, 0.6) is 17.2 Å². The van der Waals surface area contributed by atoms with Gasteiger partial charge in [-0.2, -0.15) is 0 Å². The summed E-state index contributed by atoms with van der Waals surface area (Å²) in [5, 5.41) is 2.47. The van der Waals surface area contributed by atoms with Gasteiger partial charge in [0.2, 0.25) is 0 Å². The quantitative estimate of drug-likeness (QED) is 0.187. The predicted molar refractivity (Wildman–Crippen MR) is 210 cm³/mol. The Morgan fingerprint density at radius 2 is 1.37 bits per heavy atom. The van der Waals surface area contributed by atoms with Crippen LogP contribution in [-0.2, 0) is 5.41 Å². The number of nitrogens with zero attached hydrogens (tertiary/aromatic N) is 1. The van der Waals surface area contributed by atoms with Crippen molar-refractivity contribution in [1.29, 1.82) is 0 Å². The van der Waals surface area contributed by atoms with Gasteiger partial charge in [-0.05, 0) is 54.8 Å². The summed E-state index contributed by atoms with van der Waals surface area (Å²) in [7, 11) is 0. The largest absolute Gasteiger partial charge is 0.461 e. The molecule has 1 aromatic heterocycles. The zero-order valence-electron chi connectivity index (χ0n) is 28.6. The van der Waals surface area contributed by atoms with Crippen LogP contribution in [0, 0.1) is 5.92 Å². The molecule has 0 saturated carbocycles. The highest BCUT2D eigenvalue weighted by Crippen LogP contribution is 2.62. The zero-order valence-corrected chi connectivity index (χ0v) is 28.6. The molecule has 3 heteroatoms. The molecule has 0 saturated heterocycles. The summed E-state index contributed by atoms with van der Waals surface area (Å²) in [4.78, 5) is 0. The van der Waals surface area contributed by atoms with Crippen molar-refractivity contribution in [2.24, 2.45) is 5.92 Å². The third-order valence-corrected chi connectivity index (χ3v) is 11.6. The molecule has 6 aromatic carbocycles. The van der Waals surface area contributed by atoms with E-state index in [2.05, 4.69) is 174 Å². The third kappa shape index (κ3) is 4.14. The molecule has 2 aliphatic heterocycles. The van der Waals surface area contributed by atoms with Crippen molar-refractivity contribution in [2.75, 3.05) is 0 Å². The average Bonchev–Trinajstić information content (AvgIpc) is 3.54. The van der Waals surface area contributed by atoms with Gasteiger partial charge in [0.25, 0.3) is 0 Å². The second-order valence-electron chi connectivity index (χ2n) is 14.3. The highest BCUT2D eigenvalue weighted by Gasteiger charge is 2.52. The van der Waals surface area contributed by atoms with Crippen molar-refractivity contribution in [2.45, 2.75) is 24.7 Å². The lowest BCUT2D eigenvalue weighted by atomic mass is 9.60. The molecule has 2 atom stereocenters. The van der Waals surface area contributed by atoms with Crippen LogP contribution < -0.4 is 9.47 Å². The van der Waals surface area contributed by atoms with E-state index in [0.29, 0.717) is 5.92 Å². The lowest BCUT2D eigenvalue weighted by Crippen LogP contribution is -2.39. The molecule has 0 fully saturated rings. The lowest BCUT2D eigenvalue weighted by Gasteiger charge is -2.47. The molecule has 0 amide bonds. The molecule has 0 N–H and O–H groups in total. The fourth-order valence-corrected chi connectivity index (χ4v) is 9.31. The van der Waals surface area contributed by atoms with Gasteiger partial charge in [0, 0.05) is 56.6 Å². The van der Waals surface area contributed by atoms with Gasteiger partial charge in [-0.3, -0.25) is 0 Å². The molecular weight excluding hydrogens is 635 g/mol. The maximum Gasteiger partial charge on any atom is 0.140 e. The van der Waals surface area contributed by atoms with E-state index < -0.39 is 5.41 Å². The van der Waals surface area contributed by atoms with Crippen molar-refractivity contribution in [3.63, 3.8) is 0 Å². The van der Waals surface area contributed by atoms with E-state index in [-0.39, 0.29) is 0 Å². The number of hydrogen-bond acceptors (Lipinski definition) is 2. The maximum atomic E-state index is 7.08. The summed E-state index contributed by atoms with van der Waals surface area (Å²) in [5.41, 5.74) is 11.2. The number of fused-ring (bicyclic) bond motifs is 10. The Morgan fingerprint density at radius 1 is 0.635 bits per heavy atom. The number of rotatable bonds is 3. The van der Waals surface area contributed by atoms with Crippen molar-refractivity contribution >= 4 is 21.8 Å². The molecule has 3 nitrogen and oxygen atoms in total. The van der Waals surface area contributed by atoms with Crippen LogP contribution in [0.2, 0.25) is 0 Å². The van der Waals surface area contributed by atoms with Gasteiger partial charge in [0.1, 0.15) is 23.0 Å². The van der Waals surface area contributed by atoms with Gasteiger partial charge >= 0.3 is 0 Å². The van der Waals surface area contributed by atoms with Crippen LogP contribution in [-0.4, -0.2) is 4.57 Å². The highest BCUT2D eigenvalue weighted by molar-refractivity contribution is 6.10. The number of para-hydroxylation sites is 5. The van der Waals surface area contributed by atoms with Crippen LogP contribution in [0.15, 0.2) is 187 Å². The molecule has 7 aromatic rings. The Morgan fingerprint density at radius 3 is 2.19 bits per heavy atom. The molecule has 0 bridgehead atoms. The van der Waals surface area contributed by atoms with E-state index >= 15 is 0 Å². The molecule has 2 unspecified atom stereocenters. The second kappa shape index (κ2) is 11.3. The minimum atomic E-state index is -0.615. The lowest BCUT2D eigenvalue weighted by molar-refractivity contribution is 0.340. The molecule has 1 spiro atoms. The highest BCUT2D eigenvalue weighted by atomic mass is 16.5. The van der Waals surface area contributed by atoms with Gasteiger partial charge < -0.3 is 14.0 Å². The van der Waals surface area contributed by atoms with Gasteiger partial charge in [-0.15, -0.1) is 0 Å². The summed E-state index contributed by atoms with van der Waals surface area (Å²) in [5.74, 6) is 4.04. The predicted octanol–water partition coefficient (Wildman–Crippen LogP) is 12.4. The monoisotopic (exact) mass is 669 g/mol.